The quantitative estimate of drug-likeness (QED) is 0.701. The van der Waals surface area contributed by atoms with Crippen LogP contribution in [0.1, 0.15) is 5.56 Å². The van der Waals surface area contributed by atoms with E-state index in [9.17, 15) is 0 Å². The summed E-state index contributed by atoms with van der Waals surface area (Å²) in [6, 6.07) is 18.3. The standard InChI is InChI=1S/C17H15ClN2S/c1-20-16(14-7-9-15(18)10-8-14)12-21-17(20)19-11-13-5-3-2-4-6-13/h2-10,12H,11H2,1H3/p+1. The van der Waals surface area contributed by atoms with Crippen LogP contribution in [0.15, 0.2) is 60.0 Å². The van der Waals surface area contributed by atoms with Gasteiger partial charge in [0.15, 0.2) is 0 Å². The second-order valence-electron chi connectivity index (χ2n) is 4.83. The van der Waals surface area contributed by atoms with E-state index in [0.717, 1.165) is 16.7 Å². The zero-order valence-electron chi connectivity index (χ0n) is 11.7. The van der Waals surface area contributed by atoms with Gasteiger partial charge in [0.2, 0.25) is 0 Å². The first kappa shape index (κ1) is 14.1. The van der Waals surface area contributed by atoms with Gasteiger partial charge in [-0.3, -0.25) is 5.32 Å². The van der Waals surface area contributed by atoms with E-state index in [-0.39, 0.29) is 0 Å². The van der Waals surface area contributed by atoms with Crippen molar-refractivity contribution in [3.63, 3.8) is 0 Å². The minimum absolute atomic E-state index is 0.763. The molecule has 0 aliphatic rings. The van der Waals surface area contributed by atoms with Crippen LogP contribution in [0.4, 0.5) is 5.13 Å². The van der Waals surface area contributed by atoms with Gasteiger partial charge in [-0.2, -0.15) is 0 Å². The molecule has 21 heavy (non-hydrogen) atoms. The first-order chi connectivity index (χ1) is 10.2. The summed E-state index contributed by atoms with van der Waals surface area (Å²) < 4.78 is 2.18. The van der Waals surface area contributed by atoms with E-state index in [4.69, 9.17) is 11.6 Å². The van der Waals surface area contributed by atoms with Crippen LogP contribution in [-0.4, -0.2) is 0 Å². The predicted molar refractivity (Wildman–Crippen MR) is 89.7 cm³/mol. The lowest BCUT2D eigenvalue weighted by molar-refractivity contribution is -0.641. The zero-order chi connectivity index (χ0) is 14.7. The molecule has 0 spiro atoms. The minimum atomic E-state index is 0.763. The zero-order valence-corrected chi connectivity index (χ0v) is 13.3. The summed E-state index contributed by atoms with van der Waals surface area (Å²) in [6.07, 6.45) is 0. The molecule has 0 radical (unpaired) electrons. The number of benzene rings is 2. The van der Waals surface area contributed by atoms with Crippen LogP contribution < -0.4 is 9.88 Å². The average molecular weight is 316 g/mol. The first-order valence-electron chi connectivity index (χ1n) is 6.75. The third-order valence-electron chi connectivity index (χ3n) is 3.37. The van der Waals surface area contributed by atoms with Crippen molar-refractivity contribution in [1.29, 1.82) is 0 Å². The summed E-state index contributed by atoms with van der Waals surface area (Å²) in [5.41, 5.74) is 3.64. The Bertz CT molecular complexity index is 720. The van der Waals surface area contributed by atoms with Crippen molar-refractivity contribution in [3.05, 3.63) is 70.6 Å². The minimum Gasteiger partial charge on any atom is -0.261 e. The van der Waals surface area contributed by atoms with Gasteiger partial charge in [-0.25, -0.2) is 4.57 Å². The number of nitrogens with one attached hydrogen (secondary N) is 1. The van der Waals surface area contributed by atoms with Crippen molar-refractivity contribution in [2.75, 3.05) is 5.32 Å². The molecule has 3 aromatic rings. The van der Waals surface area contributed by atoms with Crippen LogP contribution in [0.5, 0.6) is 0 Å². The molecule has 2 aromatic carbocycles. The number of hydrogen-bond acceptors (Lipinski definition) is 2. The number of rotatable bonds is 4. The molecule has 0 bridgehead atoms. The fourth-order valence-corrected chi connectivity index (χ4v) is 3.25. The Hall–Kier alpha value is -1.84. The van der Waals surface area contributed by atoms with Crippen molar-refractivity contribution in [3.8, 4) is 11.3 Å². The maximum absolute atomic E-state index is 5.95. The third kappa shape index (κ3) is 3.26. The summed E-state index contributed by atoms with van der Waals surface area (Å²) >= 11 is 7.66. The Kier molecular flexibility index (Phi) is 4.23. The normalized spacial score (nSPS) is 10.6. The SMILES string of the molecule is C[n+]1c(-c2ccc(Cl)cc2)csc1NCc1ccccc1. The molecule has 3 rings (SSSR count). The number of thiazole rings is 1. The highest BCUT2D eigenvalue weighted by Gasteiger charge is 2.15. The number of anilines is 1. The van der Waals surface area contributed by atoms with Gasteiger partial charge in [0, 0.05) is 16.0 Å². The molecule has 0 fully saturated rings. The molecule has 1 heterocycles. The fraction of sp³-hybridized carbons (Fsp3) is 0.118. The molecule has 106 valence electrons. The van der Waals surface area contributed by atoms with E-state index in [2.05, 4.69) is 46.6 Å². The van der Waals surface area contributed by atoms with Crippen LogP contribution in [0.2, 0.25) is 5.02 Å². The van der Waals surface area contributed by atoms with Crippen molar-refractivity contribution in [1.82, 2.24) is 0 Å². The summed E-state index contributed by atoms with van der Waals surface area (Å²) in [5, 5.41) is 7.55. The third-order valence-corrected chi connectivity index (χ3v) is 4.61. The van der Waals surface area contributed by atoms with Gasteiger partial charge >= 0.3 is 5.13 Å². The lowest BCUT2D eigenvalue weighted by Gasteiger charge is -2.02. The summed E-state index contributed by atoms with van der Waals surface area (Å²) in [6.45, 7) is 0.829. The van der Waals surface area contributed by atoms with Crippen LogP contribution in [-0.2, 0) is 13.6 Å². The maximum atomic E-state index is 5.95. The Balaban J connectivity index is 1.78. The second-order valence-corrected chi connectivity index (χ2v) is 6.13. The number of hydrogen-bond donors (Lipinski definition) is 1. The Morgan fingerprint density at radius 1 is 1.05 bits per heavy atom. The highest BCUT2D eigenvalue weighted by atomic mass is 35.5. The molecule has 0 aliphatic heterocycles. The predicted octanol–water partition coefficient (Wildman–Crippen LogP) is 4.51. The van der Waals surface area contributed by atoms with Crippen molar-refractivity contribution in [2.24, 2.45) is 7.05 Å². The van der Waals surface area contributed by atoms with E-state index in [1.165, 1.54) is 16.8 Å². The highest BCUT2D eigenvalue weighted by molar-refractivity contribution is 7.13. The van der Waals surface area contributed by atoms with Crippen molar-refractivity contribution < 1.29 is 4.57 Å². The van der Waals surface area contributed by atoms with Crippen LogP contribution in [0.25, 0.3) is 11.3 Å². The summed E-state index contributed by atoms with van der Waals surface area (Å²) in [5.74, 6) is 0. The monoisotopic (exact) mass is 315 g/mol. The topological polar surface area (TPSA) is 15.9 Å². The fourth-order valence-electron chi connectivity index (χ4n) is 2.20. The molecule has 4 heteroatoms. The van der Waals surface area contributed by atoms with Crippen LogP contribution >= 0.6 is 22.9 Å². The van der Waals surface area contributed by atoms with Crippen molar-refractivity contribution in [2.45, 2.75) is 6.54 Å². The van der Waals surface area contributed by atoms with Gasteiger partial charge in [0.1, 0.15) is 12.2 Å². The number of aromatic nitrogens is 1. The van der Waals surface area contributed by atoms with Crippen molar-refractivity contribution >= 4 is 28.1 Å². The molecule has 0 saturated heterocycles. The molecule has 1 N–H and O–H groups in total. The maximum Gasteiger partial charge on any atom is 0.334 e. The largest absolute Gasteiger partial charge is 0.334 e. The van der Waals surface area contributed by atoms with Crippen LogP contribution in [0.3, 0.4) is 0 Å². The molecular weight excluding hydrogens is 300 g/mol. The van der Waals surface area contributed by atoms with E-state index in [1.54, 1.807) is 11.3 Å². The molecule has 0 unspecified atom stereocenters. The lowest BCUT2D eigenvalue weighted by Crippen LogP contribution is -2.31. The second kappa shape index (κ2) is 6.29. The van der Waals surface area contributed by atoms with Gasteiger partial charge in [-0.05, 0) is 29.8 Å². The lowest BCUT2D eigenvalue weighted by atomic mass is 10.2. The Morgan fingerprint density at radius 3 is 2.48 bits per heavy atom. The van der Waals surface area contributed by atoms with Gasteiger partial charge in [-0.15, -0.1) is 0 Å². The van der Waals surface area contributed by atoms with E-state index >= 15 is 0 Å². The number of nitrogens with zero attached hydrogens (tertiary/aromatic N) is 1. The van der Waals surface area contributed by atoms with Gasteiger partial charge < -0.3 is 0 Å². The van der Waals surface area contributed by atoms with E-state index in [0.29, 0.717) is 0 Å². The average Bonchev–Trinajstić information content (AvgIpc) is 2.88. The molecule has 0 amide bonds. The first-order valence-corrected chi connectivity index (χ1v) is 8.01. The van der Waals surface area contributed by atoms with Crippen LogP contribution in [0, 0.1) is 0 Å². The van der Waals surface area contributed by atoms with E-state index in [1.807, 2.05) is 30.3 Å². The molecule has 0 saturated carbocycles. The Morgan fingerprint density at radius 2 is 1.76 bits per heavy atom. The molecule has 0 atom stereocenters. The summed E-state index contributed by atoms with van der Waals surface area (Å²) in [4.78, 5) is 0. The smallest absolute Gasteiger partial charge is 0.261 e. The molecular formula is C17H16ClN2S+. The number of halogens is 1. The molecule has 0 aliphatic carbocycles. The summed E-state index contributed by atoms with van der Waals surface area (Å²) in [7, 11) is 2.08. The highest BCUT2D eigenvalue weighted by Crippen LogP contribution is 2.24. The van der Waals surface area contributed by atoms with Gasteiger partial charge in [-0.1, -0.05) is 53.3 Å². The Labute approximate surface area is 133 Å². The molecule has 1 aromatic heterocycles. The van der Waals surface area contributed by atoms with Gasteiger partial charge in [0.05, 0.1) is 7.05 Å². The van der Waals surface area contributed by atoms with E-state index < -0.39 is 0 Å². The molecule has 2 nitrogen and oxygen atoms in total. The van der Waals surface area contributed by atoms with Gasteiger partial charge in [0.25, 0.3) is 0 Å².